The molecule has 0 unspecified atom stereocenters. The summed E-state index contributed by atoms with van der Waals surface area (Å²) in [7, 11) is 3.07. The van der Waals surface area contributed by atoms with E-state index < -0.39 is 17.2 Å². The minimum atomic E-state index is -3.65. The van der Waals surface area contributed by atoms with Crippen LogP contribution >= 0.6 is 11.6 Å². The van der Waals surface area contributed by atoms with Crippen molar-refractivity contribution in [1.82, 2.24) is 0 Å². The third kappa shape index (κ3) is 5.46. The predicted molar refractivity (Wildman–Crippen MR) is 109 cm³/mol. The summed E-state index contributed by atoms with van der Waals surface area (Å²) >= 11 is 5.31. The molecule has 154 valence electrons. The van der Waals surface area contributed by atoms with Crippen molar-refractivity contribution in [3.63, 3.8) is 0 Å². The normalized spacial score (nSPS) is 19.5. The first kappa shape index (κ1) is 21.1. The maximum Gasteiger partial charge on any atom is 0.362 e. The van der Waals surface area contributed by atoms with E-state index in [9.17, 15) is 8.78 Å². The zero-order valence-electron chi connectivity index (χ0n) is 15.9. The minimum absolute atomic E-state index is 0.0530. The van der Waals surface area contributed by atoms with Gasteiger partial charge in [-0.05, 0) is 41.4 Å². The smallest absolute Gasteiger partial charge is 0.362 e. The lowest BCUT2D eigenvalue weighted by atomic mass is 10.0. The van der Waals surface area contributed by atoms with E-state index in [-0.39, 0.29) is 18.5 Å². The number of halogens is 3. The summed E-state index contributed by atoms with van der Waals surface area (Å²) in [5.74, 6) is 0.660. The van der Waals surface area contributed by atoms with Crippen LogP contribution < -0.4 is 10.1 Å². The van der Waals surface area contributed by atoms with Gasteiger partial charge in [-0.1, -0.05) is 30.3 Å². The van der Waals surface area contributed by atoms with Crippen molar-refractivity contribution in [2.75, 3.05) is 26.1 Å². The zero-order valence-corrected chi connectivity index (χ0v) is 16.7. The number of methoxy groups -OCH3 is 2. The number of nitrogens with one attached hydrogen (secondary N) is 1. The van der Waals surface area contributed by atoms with E-state index in [1.54, 1.807) is 31.4 Å². The molecule has 0 amide bonds. The molecule has 2 aromatic carbocycles. The molecule has 29 heavy (non-hydrogen) atoms. The Hall–Kier alpha value is -2.64. The van der Waals surface area contributed by atoms with E-state index in [2.05, 4.69) is 10.3 Å². The average Bonchev–Trinajstić information content (AvgIpc) is 3.11. The van der Waals surface area contributed by atoms with Crippen molar-refractivity contribution in [3.8, 4) is 5.75 Å². The molecule has 0 spiro atoms. The van der Waals surface area contributed by atoms with E-state index in [1.807, 2.05) is 30.3 Å². The molecule has 8 heteroatoms. The lowest BCUT2D eigenvalue weighted by Crippen LogP contribution is -2.20. The SMILES string of the molecule is COC[C@@H]1N=C(/C=C(\Nc2ccc(OC)cc2)C(F)(F)Cl)O[C@H]1c1ccccc1. The number of hydrogen-bond donors (Lipinski definition) is 1. The number of allylic oxidation sites excluding steroid dienone is 1. The fourth-order valence-electron chi connectivity index (χ4n) is 2.91. The van der Waals surface area contributed by atoms with Gasteiger partial charge >= 0.3 is 5.38 Å². The van der Waals surface area contributed by atoms with Crippen molar-refractivity contribution >= 4 is 23.2 Å². The average molecular weight is 423 g/mol. The first-order valence-corrected chi connectivity index (χ1v) is 9.27. The molecule has 0 saturated carbocycles. The van der Waals surface area contributed by atoms with Crippen LogP contribution in [0.2, 0.25) is 0 Å². The van der Waals surface area contributed by atoms with Gasteiger partial charge in [0.15, 0.2) is 6.10 Å². The summed E-state index contributed by atoms with van der Waals surface area (Å²) in [6.07, 6.45) is 0.677. The molecule has 1 N–H and O–H groups in total. The standard InChI is InChI=1S/C21H21ClF2N2O3/c1-27-13-17-20(14-6-4-3-5-7-14)29-19(26-17)12-18(21(22,23)24)25-15-8-10-16(28-2)11-9-15/h3-12,17,20,25H,13H2,1-2H3/b18-12-/t17-,20-/m0/s1. The number of aliphatic imine (C=N–C) groups is 1. The lowest BCUT2D eigenvalue weighted by Gasteiger charge is -2.18. The van der Waals surface area contributed by atoms with Crippen molar-refractivity contribution in [1.29, 1.82) is 0 Å². The third-order valence-corrected chi connectivity index (χ3v) is 4.50. The molecule has 2 aromatic rings. The molecule has 3 rings (SSSR count). The van der Waals surface area contributed by atoms with E-state index in [4.69, 9.17) is 25.8 Å². The summed E-state index contributed by atoms with van der Waals surface area (Å²) in [6, 6.07) is 15.6. The number of alkyl halides is 3. The summed E-state index contributed by atoms with van der Waals surface area (Å²) in [6.45, 7) is 0.287. The van der Waals surface area contributed by atoms with Crippen LogP contribution in [-0.4, -0.2) is 38.1 Å². The first-order valence-electron chi connectivity index (χ1n) is 8.89. The predicted octanol–water partition coefficient (Wildman–Crippen LogP) is 5.01. The number of hydrogen-bond acceptors (Lipinski definition) is 5. The van der Waals surface area contributed by atoms with Crippen molar-refractivity contribution in [2.24, 2.45) is 4.99 Å². The van der Waals surface area contributed by atoms with Gasteiger partial charge in [0.2, 0.25) is 5.90 Å². The second kappa shape index (κ2) is 9.24. The van der Waals surface area contributed by atoms with Gasteiger partial charge in [0, 0.05) is 18.9 Å². The second-order valence-electron chi connectivity index (χ2n) is 6.35. The Bertz CT molecular complexity index is 868. The largest absolute Gasteiger partial charge is 0.497 e. The molecule has 0 aromatic heterocycles. The van der Waals surface area contributed by atoms with Gasteiger partial charge in [0.1, 0.15) is 17.5 Å². The molecule has 0 saturated heterocycles. The van der Waals surface area contributed by atoms with Crippen molar-refractivity contribution in [2.45, 2.75) is 17.5 Å². The quantitative estimate of drug-likeness (QED) is 0.608. The van der Waals surface area contributed by atoms with Gasteiger partial charge in [-0.2, -0.15) is 8.78 Å². The molecule has 0 aliphatic carbocycles. The van der Waals surface area contributed by atoms with Gasteiger partial charge < -0.3 is 19.5 Å². The molecule has 1 heterocycles. The number of anilines is 1. The second-order valence-corrected chi connectivity index (χ2v) is 6.82. The van der Waals surface area contributed by atoms with E-state index in [1.165, 1.54) is 7.11 Å². The van der Waals surface area contributed by atoms with Crippen molar-refractivity contribution in [3.05, 3.63) is 71.9 Å². The minimum Gasteiger partial charge on any atom is -0.497 e. The van der Waals surface area contributed by atoms with Gasteiger partial charge in [-0.15, -0.1) is 0 Å². The van der Waals surface area contributed by atoms with E-state index in [0.29, 0.717) is 11.4 Å². The lowest BCUT2D eigenvalue weighted by molar-refractivity contribution is 0.120. The molecule has 2 atom stereocenters. The van der Waals surface area contributed by atoms with E-state index >= 15 is 0 Å². The molecule has 1 aliphatic heterocycles. The highest BCUT2D eigenvalue weighted by Gasteiger charge is 2.36. The fourth-order valence-corrected chi connectivity index (χ4v) is 3.01. The monoisotopic (exact) mass is 422 g/mol. The Labute approximate surface area is 172 Å². The molecule has 0 fully saturated rings. The highest BCUT2D eigenvalue weighted by atomic mass is 35.5. The highest BCUT2D eigenvalue weighted by molar-refractivity contribution is 6.24. The number of nitrogens with zero attached hydrogens (tertiary/aromatic N) is 1. The maximum absolute atomic E-state index is 14.0. The topological polar surface area (TPSA) is 52.1 Å². The number of benzene rings is 2. The van der Waals surface area contributed by atoms with Gasteiger partial charge in [-0.25, -0.2) is 4.99 Å². The maximum atomic E-state index is 14.0. The molecule has 5 nitrogen and oxygen atoms in total. The Morgan fingerprint density at radius 1 is 1.17 bits per heavy atom. The van der Waals surface area contributed by atoms with Crippen LogP contribution in [0.5, 0.6) is 5.75 Å². The fraction of sp³-hybridized carbons (Fsp3) is 0.286. The Balaban J connectivity index is 1.85. The van der Waals surface area contributed by atoms with Gasteiger partial charge in [0.25, 0.3) is 0 Å². The highest BCUT2D eigenvalue weighted by Crippen LogP contribution is 2.34. The van der Waals surface area contributed by atoms with Crippen LogP contribution in [0, 0.1) is 0 Å². The molecule has 1 aliphatic rings. The molecular weight excluding hydrogens is 402 g/mol. The number of rotatable bonds is 8. The first-order chi connectivity index (χ1) is 13.9. The van der Waals surface area contributed by atoms with Crippen LogP contribution in [0.4, 0.5) is 14.5 Å². The Kier molecular flexibility index (Phi) is 6.71. The van der Waals surface area contributed by atoms with Crippen molar-refractivity contribution < 1.29 is 23.0 Å². The Morgan fingerprint density at radius 2 is 1.86 bits per heavy atom. The van der Waals surface area contributed by atoms with Crippen LogP contribution in [0.15, 0.2) is 71.4 Å². The van der Waals surface area contributed by atoms with Crippen LogP contribution in [0.1, 0.15) is 11.7 Å². The number of ether oxygens (including phenoxy) is 3. The molecular formula is C21H21ClF2N2O3. The van der Waals surface area contributed by atoms with Crippen LogP contribution in [0.3, 0.4) is 0 Å². The molecule has 0 bridgehead atoms. The zero-order chi connectivity index (χ0) is 20.9. The van der Waals surface area contributed by atoms with Gasteiger partial charge in [-0.3, -0.25) is 0 Å². The van der Waals surface area contributed by atoms with E-state index in [0.717, 1.165) is 11.6 Å². The molecule has 0 radical (unpaired) electrons. The summed E-state index contributed by atoms with van der Waals surface area (Å²) in [5.41, 5.74) is 0.751. The van der Waals surface area contributed by atoms with Crippen LogP contribution in [0.25, 0.3) is 0 Å². The van der Waals surface area contributed by atoms with Gasteiger partial charge in [0.05, 0.1) is 13.7 Å². The Morgan fingerprint density at radius 3 is 2.45 bits per heavy atom. The van der Waals surface area contributed by atoms with Crippen LogP contribution in [-0.2, 0) is 9.47 Å². The third-order valence-electron chi connectivity index (χ3n) is 4.30. The summed E-state index contributed by atoms with van der Waals surface area (Å²) in [4.78, 5) is 4.40. The summed E-state index contributed by atoms with van der Waals surface area (Å²) in [5, 5.41) is -1.02. The summed E-state index contributed by atoms with van der Waals surface area (Å²) < 4.78 is 44.2.